The van der Waals surface area contributed by atoms with E-state index in [0.717, 1.165) is 41.8 Å². The second-order valence-corrected chi connectivity index (χ2v) is 5.88. The van der Waals surface area contributed by atoms with Crippen molar-refractivity contribution in [3.63, 3.8) is 0 Å². The molecule has 0 saturated carbocycles. The Morgan fingerprint density at radius 3 is 2.84 bits per heavy atom. The predicted octanol–water partition coefficient (Wildman–Crippen LogP) is 4.17. The molecule has 0 aliphatic carbocycles. The van der Waals surface area contributed by atoms with Crippen LogP contribution < -0.4 is 5.32 Å². The Morgan fingerprint density at radius 1 is 1.32 bits per heavy atom. The molecular formula is C18H25ClIN3O2. The van der Waals surface area contributed by atoms with Crippen LogP contribution in [0.15, 0.2) is 52.1 Å². The topological polar surface area (TPSA) is 50.0 Å². The number of benzene rings is 1. The summed E-state index contributed by atoms with van der Waals surface area (Å²) >= 11 is 6.03. The van der Waals surface area contributed by atoms with Gasteiger partial charge >= 0.3 is 0 Å². The van der Waals surface area contributed by atoms with Gasteiger partial charge in [0.2, 0.25) is 0 Å². The van der Waals surface area contributed by atoms with Crippen molar-refractivity contribution in [3.8, 4) is 0 Å². The molecule has 1 N–H and O–H groups in total. The lowest BCUT2D eigenvalue weighted by Crippen LogP contribution is -2.39. The summed E-state index contributed by atoms with van der Waals surface area (Å²) in [6.45, 7) is 2.72. The summed E-state index contributed by atoms with van der Waals surface area (Å²) in [7, 11) is 3.79. The second kappa shape index (κ2) is 12.2. The van der Waals surface area contributed by atoms with Crippen LogP contribution in [0.1, 0.15) is 17.7 Å². The fourth-order valence-corrected chi connectivity index (χ4v) is 2.52. The van der Waals surface area contributed by atoms with Gasteiger partial charge in [0.1, 0.15) is 12.4 Å². The van der Waals surface area contributed by atoms with Gasteiger partial charge in [-0.15, -0.1) is 24.0 Å². The smallest absolute Gasteiger partial charge is 0.193 e. The van der Waals surface area contributed by atoms with Crippen LogP contribution in [0.3, 0.4) is 0 Å². The normalized spacial score (nSPS) is 11.1. The number of guanidine groups is 1. The van der Waals surface area contributed by atoms with Gasteiger partial charge in [-0.1, -0.05) is 23.7 Å². The highest BCUT2D eigenvalue weighted by atomic mass is 127. The molecule has 0 radical (unpaired) electrons. The van der Waals surface area contributed by atoms with Crippen molar-refractivity contribution in [2.24, 2.45) is 4.99 Å². The Hall–Kier alpha value is -1.25. The fourth-order valence-electron chi connectivity index (χ4n) is 2.31. The molecule has 0 bridgehead atoms. The van der Waals surface area contributed by atoms with E-state index in [4.69, 9.17) is 20.8 Å². The maximum atomic E-state index is 6.03. The molecule has 1 aromatic heterocycles. The van der Waals surface area contributed by atoms with E-state index in [2.05, 4.69) is 21.3 Å². The molecule has 2 rings (SSSR count). The number of hydrogen-bond acceptors (Lipinski definition) is 3. The largest absolute Gasteiger partial charge is 0.467 e. The van der Waals surface area contributed by atoms with Crippen LogP contribution in [-0.4, -0.2) is 38.1 Å². The van der Waals surface area contributed by atoms with Gasteiger partial charge in [-0.05, 0) is 36.2 Å². The van der Waals surface area contributed by atoms with Crippen molar-refractivity contribution >= 4 is 41.5 Å². The van der Waals surface area contributed by atoms with Crippen LogP contribution in [0.5, 0.6) is 0 Å². The van der Waals surface area contributed by atoms with E-state index < -0.39 is 0 Å². The third-order valence-corrected chi connectivity index (χ3v) is 3.69. The van der Waals surface area contributed by atoms with Crippen LogP contribution in [0.4, 0.5) is 0 Å². The Bertz CT molecular complexity index is 635. The van der Waals surface area contributed by atoms with Crippen LogP contribution in [0, 0.1) is 0 Å². The predicted molar refractivity (Wildman–Crippen MR) is 113 cm³/mol. The zero-order valence-corrected chi connectivity index (χ0v) is 17.7. The monoisotopic (exact) mass is 477 g/mol. The molecule has 5 nitrogen and oxygen atoms in total. The minimum Gasteiger partial charge on any atom is -0.467 e. The zero-order chi connectivity index (χ0) is 17.2. The summed E-state index contributed by atoms with van der Waals surface area (Å²) in [5.41, 5.74) is 1.15. The van der Waals surface area contributed by atoms with Crippen molar-refractivity contribution in [3.05, 3.63) is 59.0 Å². The summed E-state index contributed by atoms with van der Waals surface area (Å²) in [6, 6.07) is 11.6. The van der Waals surface area contributed by atoms with Crippen LogP contribution in [0.2, 0.25) is 5.02 Å². The number of ether oxygens (including phenoxy) is 1. The van der Waals surface area contributed by atoms with Gasteiger partial charge < -0.3 is 19.4 Å². The van der Waals surface area contributed by atoms with Crippen molar-refractivity contribution in [1.29, 1.82) is 0 Å². The van der Waals surface area contributed by atoms with Gasteiger partial charge in [0, 0.05) is 38.8 Å². The van der Waals surface area contributed by atoms with Gasteiger partial charge in [-0.3, -0.25) is 4.99 Å². The molecule has 0 aliphatic rings. The summed E-state index contributed by atoms with van der Waals surface area (Å²) in [5, 5.41) is 4.08. The molecule has 7 heteroatoms. The van der Waals surface area contributed by atoms with Crippen LogP contribution >= 0.6 is 35.6 Å². The Labute approximate surface area is 171 Å². The third kappa shape index (κ3) is 8.11. The minimum absolute atomic E-state index is 0. The average Bonchev–Trinajstić information content (AvgIpc) is 3.07. The number of hydrogen-bond donors (Lipinski definition) is 1. The number of aliphatic imine (C=N–C) groups is 1. The lowest BCUT2D eigenvalue weighted by Gasteiger charge is -2.22. The van der Waals surface area contributed by atoms with Crippen molar-refractivity contribution < 1.29 is 9.15 Å². The SMILES string of the molecule is CN=C(NCCCOCc1ccco1)N(C)Cc1cccc(Cl)c1.I. The zero-order valence-electron chi connectivity index (χ0n) is 14.6. The number of halogens is 2. The van der Waals surface area contributed by atoms with Gasteiger partial charge in [0.05, 0.1) is 6.26 Å². The third-order valence-electron chi connectivity index (χ3n) is 3.46. The molecule has 1 heterocycles. The second-order valence-electron chi connectivity index (χ2n) is 5.45. The van der Waals surface area contributed by atoms with E-state index in [0.29, 0.717) is 13.2 Å². The molecule has 0 atom stereocenters. The molecule has 0 aliphatic heterocycles. The Kier molecular flexibility index (Phi) is 10.6. The quantitative estimate of drug-likeness (QED) is 0.268. The van der Waals surface area contributed by atoms with E-state index >= 15 is 0 Å². The first-order valence-corrected chi connectivity index (χ1v) is 8.33. The number of furan rings is 1. The van der Waals surface area contributed by atoms with Crippen molar-refractivity contribution in [1.82, 2.24) is 10.2 Å². The first-order chi connectivity index (χ1) is 11.7. The molecule has 2 aromatic rings. The molecule has 1 aromatic carbocycles. The highest BCUT2D eigenvalue weighted by Gasteiger charge is 2.06. The molecule has 0 unspecified atom stereocenters. The lowest BCUT2D eigenvalue weighted by molar-refractivity contribution is 0.104. The Morgan fingerprint density at radius 2 is 2.16 bits per heavy atom. The number of nitrogens with zero attached hydrogens (tertiary/aromatic N) is 2. The van der Waals surface area contributed by atoms with Gasteiger partial charge in [0.15, 0.2) is 5.96 Å². The van der Waals surface area contributed by atoms with Gasteiger partial charge in [-0.25, -0.2) is 0 Å². The summed E-state index contributed by atoms with van der Waals surface area (Å²) in [6.07, 6.45) is 2.55. The lowest BCUT2D eigenvalue weighted by atomic mass is 10.2. The highest BCUT2D eigenvalue weighted by Crippen LogP contribution is 2.12. The van der Waals surface area contributed by atoms with E-state index in [1.54, 1.807) is 13.3 Å². The van der Waals surface area contributed by atoms with Crippen molar-refractivity contribution in [2.45, 2.75) is 19.6 Å². The van der Waals surface area contributed by atoms with E-state index in [-0.39, 0.29) is 24.0 Å². The fraction of sp³-hybridized carbons (Fsp3) is 0.389. The molecule has 25 heavy (non-hydrogen) atoms. The molecule has 0 spiro atoms. The minimum atomic E-state index is 0. The first-order valence-electron chi connectivity index (χ1n) is 7.95. The molecular weight excluding hydrogens is 453 g/mol. The van der Waals surface area contributed by atoms with Gasteiger partial charge in [0.25, 0.3) is 0 Å². The summed E-state index contributed by atoms with van der Waals surface area (Å²) in [5.74, 6) is 1.70. The molecule has 138 valence electrons. The van der Waals surface area contributed by atoms with E-state index in [9.17, 15) is 0 Å². The van der Waals surface area contributed by atoms with Crippen LogP contribution in [-0.2, 0) is 17.9 Å². The average molecular weight is 478 g/mol. The van der Waals surface area contributed by atoms with Crippen LogP contribution in [0.25, 0.3) is 0 Å². The molecule has 0 fully saturated rings. The highest BCUT2D eigenvalue weighted by molar-refractivity contribution is 14.0. The maximum absolute atomic E-state index is 6.03. The van der Waals surface area contributed by atoms with E-state index in [1.165, 1.54) is 0 Å². The van der Waals surface area contributed by atoms with Gasteiger partial charge in [-0.2, -0.15) is 0 Å². The van der Waals surface area contributed by atoms with E-state index in [1.807, 2.05) is 37.4 Å². The molecule has 0 saturated heterocycles. The standard InChI is InChI=1S/C18H24ClN3O2.HI/c1-20-18(22(2)13-15-6-3-7-16(19)12-15)21-9-5-10-23-14-17-8-4-11-24-17;/h3-4,6-8,11-12H,5,9-10,13-14H2,1-2H3,(H,20,21);1H. The summed E-state index contributed by atoms with van der Waals surface area (Å²) in [4.78, 5) is 6.37. The first kappa shape index (κ1) is 21.8. The summed E-state index contributed by atoms with van der Waals surface area (Å²) < 4.78 is 10.8. The number of nitrogens with one attached hydrogen (secondary N) is 1. The maximum Gasteiger partial charge on any atom is 0.193 e. The van der Waals surface area contributed by atoms with Crippen molar-refractivity contribution in [2.75, 3.05) is 27.2 Å². The number of rotatable bonds is 8. The Balaban J connectivity index is 0.00000312. The molecule has 0 amide bonds.